The molecule has 0 aliphatic rings. The van der Waals surface area contributed by atoms with Crippen molar-refractivity contribution in [2.75, 3.05) is 7.11 Å². The number of hydrogen-bond acceptors (Lipinski definition) is 5. The van der Waals surface area contributed by atoms with Crippen molar-refractivity contribution in [2.24, 2.45) is 5.92 Å². The lowest BCUT2D eigenvalue weighted by molar-refractivity contribution is 0.112. The number of hydrogen-bond donors (Lipinski definition) is 2. The molecule has 3 atom stereocenters. The van der Waals surface area contributed by atoms with E-state index in [0.717, 1.165) is 11.3 Å². The second kappa shape index (κ2) is 8.51. The van der Waals surface area contributed by atoms with E-state index in [9.17, 15) is 13.5 Å². The minimum absolute atomic E-state index is 0.0673. The van der Waals surface area contributed by atoms with Crippen molar-refractivity contribution >= 4 is 33.0 Å². The number of aliphatic hydroxyl groups excluding tert-OH is 1. The molecule has 25 heavy (non-hydrogen) atoms. The van der Waals surface area contributed by atoms with Crippen LogP contribution < -0.4 is 9.46 Å². The van der Waals surface area contributed by atoms with Gasteiger partial charge in [-0.2, -0.15) is 0 Å². The Kier molecular flexibility index (Phi) is 6.87. The second-order valence-electron chi connectivity index (χ2n) is 5.81. The minimum Gasteiger partial charge on any atom is -0.497 e. The Hall–Kier alpha value is -1.12. The number of methoxy groups -OCH3 is 1. The quantitative estimate of drug-likeness (QED) is 0.702. The molecule has 1 aromatic carbocycles. The first-order valence-corrected chi connectivity index (χ1v) is 10.6. The topological polar surface area (TPSA) is 75.6 Å². The van der Waals surface area contributed by atoms with Gasteiger partial charge in [0.15, 0.2) is 0 Å². The fourth-order valence-corrected chi connectivity index (χ4v) is 5.28. The van der Waals surface area contributed by atoms with Gasteiger partial charge in [0.1, 0.15) is 9.96 Å². The van der Waals surface area contributed by atoms with Crippen LogP contribution in [0.3, 0.4) is 0 Å². The number of rotatable bonds is 8. The molecule has 0 radical (unpaired) electrons. The molecule has 0 fully saturated rings. The fourth-order valence-electron chi connectivity index (χ4n) is 2.43. The van der Waals surface area contributed by atoms with Crippen LogP contribution in [0.5, 0.6) is 5.75 Å². The maximum absolute atomic E-state index is 12.6. The van der Waals surface area contributed by atoms with Crippen molar-refractivity contribution in [3.05, 3.63) is 46.3 Å². The van der Waals surface area contributed by atoms with Crippen LogP contribution in [-0.4, -0.2) is 26.7 Å². The van der Waals surface area contributed by atoms with Crippen LogP contribution in [0.15, 0.2) is 40.6 Å². The summed E-state index contributed by atoms with van der Waals surface area (Å²) in [4.78, 5) is 0. The van der Waals surface area contributed by atoms with E-state index in [-0.39, 0.29) is 10.1 Å². The molecule has 138 valence electrons. The molecule has 2 unspecified atom stereocenters. The second-order valence-corrected chi connectivity index (χ2v) is 9.47. The number of thiophene rings is 1. The van der Waals surface area contributed by atoms with Crippen molar-refractivity contribution in [3.63, 3.8) is 0 Å². The average molecular weight is 404 g/mol. The van der Waals surface area contributed by atoms with E-state index >= 15 is 0 Å². The maximum Gasteiger partial charge on any atom is 0.250 e. The molecule has 1 heterocycles. The number of ether oxygens (including phenoxy) is 1. The van der Waals surface area contributed by atoms with E-state index < -0.39 is 22.2 Å². The van der Waals surface area contributed by atoms with Gasteiger partial charge in [-0.25, -0.2) is 13.1 Å². The number of aliphatic hydroxyl groups is 1. The van der Waals surface area contributed by atoms with Gasteiger partial charge in [0.25, 0.3) is 0 Å². The molecule has 0 saturated carbocycles. The Morgan fingerprint density at radius 1 is 1.24 bits per heavy atom. The molecular formula is C17H22ClNO4S2. The summed E-state index contributed by atoms with van der Waals surface area (Å²) in [7, 11) is -2.20. The number of benzene rings is 1. The SMILES string of the molecule is CCC(C)[C@H](NS(=O)(=O)c1ccc(Cl)s1)C(O)c1ccc(OC)cc1. The van der Waals surface area contributed by atoms with Crippen LogP contribution in [0.25, 0.3) is 0 Å². The Balaban J connectivity index is 2.28. The van der Waals surface area contributed by atoms with Crippen molar-refractivity contribution in [3.8, 4) is 5.75 Å². The Labute approximate surface area is 157 Å². The molecule has 0 spiro atoms. The van der Waals surface area contributed by atoms with Gasteiger partial charge in [-0.1, -0.05) is 44.0 Å². The van der Waals surface area contributed by atoms with E-state index in [2.05, 4.69) is 4.72 Å². The molecular weight excluding hydrogens is 382 g/mol. The molecule has 1 aromatic heterocycles. The molecule has 2 aromatic rings. The summed E-state index contributed by atoms with van der Waals surface area (Å²) in [5.74, 6) is 0.604. The lowest BCUT2D eigenvalue weighted by Crippen LogP contribution is -2.43. The van der Waals surface area contributed by atoms with Crippen LogP contribution in [0.2, 0.25) is 4.34 Å². The van der Waals surface area contributed by atoms with Crippen LogP contribution >= 0.6 is 22.9 Å². The molecule has 0 aliphatic carbocycles. The normalized spacial score (nSPS) is 15.6. The third-order valence-electron chi connectivity index (χ3n) is 4.16. The van der Waals surface area contributed by atoms with Gasteiger partial charge in [-0.3, -0.25) is 0 Å². The molecule has 0 aliphatic heterocycles. The van der Waals surface area contributed by atoms with Gasteiger partial charge in [0, 0.05) is 0 Å². The van der Waals surface area contributed by atoms with Crippen molar-refractivity contribution < 1.29 is 18.3 Å². The fraction of sp³-hybridized carbons (Fsp3) is 0.412. The van der Waals surface area contributed by atoms with Crippen LogP contribution in [0.4, 0.5) is 0 Å². The minimum atomic E-state index is -3.76. The summed E-state index contributed by atoms with van der Waals surface area (Å²) in [6.45, 7) is 3.86. The van der Waals surface area contributed by atoms with Crippen molar-refractivity contribution in [2.45, 2.75) is 36.6 Å². The van der Waals surface area contributed by atoms with E-state index in [1.807, 2.05) is 13.8 Å². The van der Waals surface area contributed by atoms with E-state index in [0.29, 0.717) is 22.1 Å². The van der Waals surface area contributed by atoms with E-state index in [1.54, 1.807) is 37.4 Å². The molecule has 0 amide bonds. The summed E-state index contributed by atoms with van der Waals surface area (Å²) in [6.07, 6.45) is -0.267. The highest BCUT2D eigenvalue weighted by atomic mass is 35.5. The summed E-state index contributed by atoms with van der Waals surface area (Å²) < 4.78 is 33.5. The van der Waals surface area contributed by atoms with Gasteiger partial charge >= 0.3 is 0 Å². The average Bonchev–Trinajstić information content (AvgIpc) is 3.06. The summed E-state index contributed by atoms with van der Waals surface area (Å²) in [6, 6.07) is 9.27. The molecule has 2 N–H and O–H groups in total. The molecule has 8 heteroatoms. The Morgan fingerprint density at radius 3 is 2.36 bits per heavy atom. The lowest BCUT2D eigenvalue weighted by atomic mass is 9.91. The maximum atomic E-state index is 12.6. The zero-order valence-corrected chi connectivity index (χ0v) is 16.7. The standard InChI is InChI=1S/C17H22ClNO4S2/c1-4-11(2)16(17(20)12-5-7-13(23-3)8-6-12)19-25(21,22)15-10-9-14(18)24-15/h5-11,16-17,19-20H,4H2,1-3H3/t11?,16-,17?/m0/s1. The van der Waals surface area contributed by atoms with Crippen LogP contribution in [0, 0.1) is 5.92 Å². The molecule has 2 rings (SSSR count). The van der Waals surface area contributed by atoms with E-state index in [1.165, 1.54) is 6.07 Å². The van der Waals surface area contributed by atoms with Gasteiger partial charge in [-0.05, 0) is 35.7 Å². The Bertz CT molecular complexity index is 789. The highest BCUT2D eigenvalue weighted by Gasteiger charge is 2.31. The zero-order chi connectivity index (χ0) is 18.6. The third kappa shape index (κ3) is 4.95. The summed E-state index contributed by atoms with van der Waals surface area (Å²) in [5, 5.41) is 10.8. The predicted molar refractivity (Wildman–Crippen MR) is 101 cm³/mol. The van der Waals surface area contributed by atoms with Crippen LogP contribution in [0.1, 0.15) is 31.9 Å². The molecule has 5 nitrogen and oxygen atoms in total. The number of halogens is 1. The summed E-state index contributed by atoms with van der Waals surface area (Å²) in [5.41, 5.74) is 0.623. The van der Waals surface area contributed by atoms with Gasteiger partial charge in [0.2, 0.25) is 10.0 Å². The highest BCUT2D eigenvalue weighted by molar-refractivity contribution is 7.91. The first-order valence-electron chi connectivity index (χ1n) is 7.88. The number of sulfonamides is 1. The first-order chi connectivity index (χ1) is 11.8. The monoisotopic (exact) mass is 403 g/mol. The van der Waals surface area contributed by atoms with Gasteiger partial charge in [0.05, 0.1) is 23.6 Å². The van der Waals surface area contributed by atoms with Crippen molar-refractivity contribution in [1.29, 1.82) is 0 Å². The largest absolute Gasteiger partial charge is 0.497 e. The van der Waals surface area contributed by atoms with Crippen molar-refractivity contribution in [1.82, 2.24) is 4.72 Å². The predicted octanol–water partition coefficient (Wildman–Crippen LogP) is 3.84. The van der Waals surface area contributed by atoms with Gasteiger partial charge in [-0.15, -0.1) is 11.3 Å². The van der Waals surface area contributed by atoms with Gasteiger partial charge < -0.3 is 9.84 Å². The third-order valence-corrected chi connectivity index (χ3v) is 7.34. The summed E-state index contributed by atoms with van der Waals surface area (Å²) >= 11 is 6.83. The zero-order valence-electron chi connectivity index (χ0n) is 14.3. The smallest absolute Gasteiger partial charge is 0.250 e. The highest BCUT2D eigenvalue weighted by Crippen LogP contribution is 2.29. The molecule has 0 bridgehead atoms. The first kappa shape index (κ1) is 20.2. The lowest BCUT2D eigenvalue weighted by Gasteiger charge is -2.29. The Morgan fingerprint density at radius 2 is 1.88 bits per heavy atom. The van der Waals surface area contributed by atoms with E-state index in [4.69, 9.17) is 16.3 Å². The number of nitrogens with one attached hydrogen (secondary N) is 1. The van der Waals surface area contributed by atoms with Crippen LogP contribution in [-0.2, 0) is 10.0 Å². The molecule has 0 saturated heterocycles.